The van der Waals surface area contributed by atoms with Crippen LogP contribution in [0.25, 0.3) is 11.4 Å². The van der Waals surface area contributed by atoms with Crippen LogP contribution in [0.15, 0.2) is 48.5 Å². The van der Waals surface area contributed by atoms with Gasteiger partial charge in [-0.05, 0) is 80.1 Å². The van der Waals surface area contributed by atoms with Gasteiger partial charge in [-0.3, -0.25) is 19.4 Å². The number of ether oxygens (including phenoxy) is 2. The van der Waals surface area contributed by atoms with Crippen molar-refractivity contribution in [3.8, 4) is 22.9 Å². The highest BCUT2D eigenvalue weighted by Gasteiger charge is 2.24. The number of methoxy groups -OCH3 is 2. The van der Waals surface area contributed by atoms with Crippen LogP contribution < -0.4 is 14.8 Å². The number of carbonyl (C=O) groups excluding carboxylic acids is 1. The lowest BCUT2D eigenvalue weighted by Gasteiger charge is -2.28. The number of amides is 1. The van der Waals surface area contributed by atoms with Crippen molar-refractivity contribution in [3.05, 3.63) is 58.9 Å². The van der Waals surface area contributed by atoms with E-state index >= 15 is 0 Å². The predicted octanol–water partition coefficient (Wildman–Crippen LogP) is 3.58. The van der Waals surface area contributed by atoms with E-state index in [1.54, 1.807) is 18.8 Å². The Morgan fingerprint density at radius 2 is 1.67 bits per heavy atom. The molecule has 0 aliphatic carbocycles. The lowest BCUT2D eigenvalue weighted by Crippen LogP contribution is -2.38. The summed E-state index contributed by atoms with van der Waals surface area (Å²) in [5.41, 5.74) is 2.01. The number of nitrogens with zero attached hydrogens (tertiary/aromatic N) is 3. The van der Waals surface area contributed by atoms with Gasteiger partial charge in [-0.2, -0.15) is 5.10 Å². The summed E-state index contributed by atoms with van der Waals surface area (Å²) in [4.78, 5) is 15.3. The molecule has 3 aromatic rings. The topological polar surface area (TPSA) is 84.4 Å². The number of hydrogen-bond acceptors (Lipinski definition) is 6. The minimum atomic E-state index is -0.111. The third-order valence-electron chi connectivity index (χ3n) is 5.98. The second-order valence-corrected chi connectivity index (χ2v) is 8.39. The van der Waals surface area contributed by atoms with Gasteiger partial charge in [0.15, 0.2) is 10.6 Å². The maximum atomic E-state index is 12.9. The molecule has 1 fully saturated rings. The van der Waals surface area contributed by atoms with Crippen molar-refractivity contribution in [2.75, 3.05) is 33.9 Å². The normalized spacial score (nSPS) is 14.7. The molecule has 9 heteroatoms. The number of H-pyrrole nitrogens is 1. The Bertz CT molecular complexity index is 1120. The molecule has 174 valence electrons. The van der Waals surface area contributed by atoms with Crippen LogP contribution in [0.5, 0.6) is 11.5 Å². The molecule has 0 bridgehead atoms. The molecule has 0 radical (unpaired) electrons. The lowest BCUT2D eigenvalue weighted by molar-refractivity contribution is -0.121. The van der Waals surface area contributed by atoms with E-state index in [1.165, 1.54) is 12.8 Å². The standard InChI is InChI=1S/C24H29N5O3S/c1-31-19-9-5-17(6-10-19)21(28-13-3-4-14-28)15-25-22(30)16-29-23(26-27-24(29)33)18-7-11-20(32-2)12-8-18/h5-12,21H,3-4,13-16H2,1-2H3,(H,25,30)(H,27,33). The minimum Gasteiger partial charge on any atom is -0.497 e. The first-order valence-electron chi connectivity index (χ1n) is 11.0. The number of nitrogens with one attached hydrogen (secondary N) is 2. The van der Waals surface area contributed by atoms with Gasteiger partial charge in [-0.25, -0.2) is 0 Å². The number of likely N-dealkylation sites (tertiary alicyclic amines) is 1. The highest BCUT2D eigenvalue weighted by Crippen LogP contribution is 2.26. The molecule has 8 nitrogen and oxygen atoms in total. The van der Waals surface area contributed by atoms with Gasteiger partial charge in [0, 0.05) is 12.1 Å². The summed E-state index contributed by atoms with van der Waals surface area (Å²) in [6.07, 6.45) is 2.35. The van der Waals surface area contributed by atoms with E-state index in [1.807, 2.05) is 36.4 Å². The quantitative estimate of drug-likeness (QED) is 0.468. The maximum absolute atomic E-state index is 12.9. The first-order valence-corrected chi connectivity index (χ1v) is 11.4. The Morgan fingerprint density at radius 1 is 1.06 bits per heavy atom. The van der Waals surface area contributed by atoms with Gasteiger partial charge in [0.2, 0.25) is 5.91 Å². The highest BCUT2D eigenvalue weighted by atomic mass is 32.1. The van der Waals surface area contributed by atoms with Gasteiger partial charge < -0.3 is 14.8 Å². The van der Waals surface area contributed by atoms with Crippen LogP contribution in [0.1, 0.15) is 24.4 Å². The molecule has 2 heterocycles. The van der Waals surface area contributed by atoms with Crippen molar-refractivity contribution in [1.82, 2.24) is 25.0 Å². The van der Waals surface area contributed by atoms with Crippen molar-refractivity contribution in [2.45, 2.75) is 25.4 Å². The van der Waals surface area contributed by atoms with Gasteiger partial charge in [0.05, 0.1) is 20.3 Å². The predicted molar refractivity (Wildman–Crippen MR) is 129 cm³/mol. The zero-order valence-corrected chi connectivity index (χ0v) is 19.7. The molecule has 1 saturated heterocycles. The SMILES string of the molecule is COc1ccc(-c2n[nH]c(=S)n2CC(=O)NCC(c2ccc(OC)cc2)N2CCCC2)cc1. The fraction of sp³-hybridized carbons (Fsp3) is 0.375. The van der Waals surface area contributed by atoms with Crippen molar-refractivity contribution < 1.29 is 14.3 Å². The molecular formula is C24H29N5O3S. The molecule has 33 heavy (non-hydrogen) atoms. The molecule has 1 aliphatic rings. The average Bonchev–Trinajstić information content (AvgIpc) is 3.50. The largest absolute Gasteiger partial charge is 0.497 e. The summed E-state index contributed by atoms with van der Waals surface area (Å²) < 4.78 is 12.6. The van der Waals surface area contributed by atoms with Crippen molar-refractivity contribution in [1.29, 1.82) is 0 Å². The number of benzene rings is 2. The number of aromatic nitrogens is 3. The second kappa shape index (κ2) is 10.6. The lowest BCUT2D eigenvalue weighted by atomic mass is 10.1. The number of hydrogen-bond donors (Lipinski definition) is 2. The van der Waals surface area contributed by atoms with Crippen LogP contribution in [0.3, 0.4) is 0 Å². The van der Waals surface area contributed by atoms with Gasteiger partial charge in [-0.15, -0.1) is 0 Å². The van der Waals surface area contributed by atoms with Gasteiger partial charge >= 0.3 is 0 Å². The number of aromatic amines is 1. The third-order valence-corrected chi connectivity index (χ3v) is 6.29. The van der Waals surface area contributed by atoms with E-state index in [9.17, 15) is 4.79 Å². The second-order valence-electron chi connectivity index (χ2n) is 8.00. The molecular weight excluding hydrogens is 438 g/mol. The van der Waals surface area contributed by atoms with Gasteiger partial charge in [-0.1, -0.05) is 12.1 Å². The zero-order chi connectivity index (χ0) is 23.2. The molecule has 2 N–H and O–H groups in total. The number of rotatable bonds is 9. The van der Waals surface area contributed by atoms with Crippen molar-refractivity contribution in [3.63, 3.8) is 0 Å². The molecule has 4 rings (SSSR count). The van der Waals surface area contributed by atoms with Gasteiger partial charge in [0.25, 0.3) is 0 Å². The minimum absolute atomic E-state index is 0.0893. The zero-order valence-electron chi connectivity index (χ0n) is 18.9. The van der Waals surface area contributed by atoms with E-state index in [0.717, 1.165) is 35.7 Å². The summed E-state index contributed by atoms with van der Waals surface area (Å²) in [6, 6.07) is 15.7. The van der Waals surface area contributed by atoms with Crippen LogP contribution in [-0.2, 0) is 11.3 Å². The average molecular weight is 468 g/mol. The van der Waals surface area contributed by atoms with E-state index in [4.69, 9.17) is 21.7 Å². The molecule has 1 aliphatic heterocycles. The maximum Gasteiger partial charge on any atom is 0.240 e. The Hall–Kier alpha value is -3.17. The monoisotopic (exact) mass is 467 g/mol. The summed E-state index contributed by atoms with van der Waals surface area (Å²) in [5.74, 6) is 2.08. The van der Waals surface area contributed by atoms with Crippen LogP contribution in [0.2, 0.25) is 0 Å². The van der Waals surface area contributed by atoms with Crippen LogP contribution in [-0.4, -0.2) is 59.4 Å². The molecule has 1 atom stereocenters. The molecule has 1 amide bonds. The van der Waals surface area contributed by atoms with Crippen molar-refractivity contribution >= 4 is 18.1 Å². The smallest absolute Gasteiger partial charge is 0.240 e. The molecule has 1 unspecified atom stereocenters. The Morgan fingerprint density at radius 3 is 2.27 bits per heavy atom. The Kier molecular flexibility index (Phi) is 7.41. The Labute approximate surface area is 198 Å². The molecule has 0 saturated carbocycles. The summed E-state index contributed by atoms with van der Waals surface area (Å²) in [7, 11) is 3.28. The summed E-state index contributed by atoms with van der Waals surface area (Å²) in [5, 5.41) is 10.2. The van der Waals surface area contributed by atoms with Crippen LogP contribution in [0, 0.1) is 4.77 Å². The van der Waals surface area contributed by atoms with E-state index in [0.29, 0.717) is 17.1 Å². The third kappa shape index (κ3) is 5.43. The highest BCUT2D eigenvalue weighted by molar-refractivity contribution is 7.71. The van der Waals surface area contributed by atoms with E-state index in [2.05, 4.69) is 32.5 Å². The van der Waals surface area contributed by atoms with Crippen molar-refractivity contribution in [2.24, 2.45) is 0 Å². The van der Waals surface area contributed by atoms with E-state index < -0.39 is 0 Å². The van der Waals surface area contributed by atoms with E-state index in [-0.39, 0.29) is 18.5 Å². The summed E-state index contributed by atoms with van der Waals surface area (Å²) in [6.45, 7) is 2.67. The first-order chi connectivity index (χ1) is 16.1. The molecule has 1 aromatic heterocycles. The number of carbonyl (C=O) groups is 1. The van der Waals surface area contributed by atoms with Crippen LogP contribution >= 0.6 is 12.2 Å². The summed E-state index contributed by atoms with van der Waals surface area (Å²) >= 11 is 5.38. The molecule has 2 aromatic carbocycles. The van der Waals surface area contributed by atoms with Gasteiger partial charge in [0.1, 0.15) is 18.0 Å². The fourth-order valence-electron chi connectivity index (χ4n) is 4.17. The first kappa shape index (κ1) is 23.0. The Balaban J connectivity index is 1.46. The fourth-order valence-corrected chi connectivity index (χ4v) is 4.37. The van der Waals surface area contributed by atoms with Crippen LogP contribution in [0.4, 0.5) is 0 Å². The molecule has 0 spiro atoms.